The molecular formula is C12H16N4O4S. The van der Waals surface area contributed by atoms with E-state index < -0.39 is 24.3 Å². The van der Waals surface area contributed by atoms with Crippen molar-refractivity contribution < 1.29 is 19.5 Å². The van der Waals surface area contributed by atoms with Crippen LogP contribution in [0, 0.1) is 13.8 Å². The molecule has 0 atom stereocenters. The molecule has 0 aromatic carbocycles. The molecule has 2 amide bonds. The van der Waals surface area contributed by atoms with Crippen molar-refractivity contribution in [1.29, 1.82) is 0 Å². The zero-order valence-electron chi connectivity index (χ0n) is 11.9. The van der Waals surface area contributed by atoms with Crippen LogP contribution in [-0.4, -0.2) is 52.2 Å². The largest absolute Gasteiger partial charge is 0.480 e. The lowest BCUT2D eigenvalue weighted by atomic mass is 10.2. The molecule has 1 heterocycles. The fourth-order valence-corrected chi connectivity index (χ4v) is 2.24. The van der Waals surface area contributed by atoms with Gasteiger partial charge in [0.25, 0.3) is 5.91 Å². The van der Waals surface area contributed by atoms with Crippen LogP contribution >= 0.6 is 11.8 Å². The number of thioether (sulfide) groups is 1. The smallest absolute Gasteiger partial charge is 0.322 e. The highest BCUT2D eigenvalue weighted by molar-refractivity contribution is 7.98. The summed E-state index contributed by atoms with van der Waals surface area (Å²) in [6.07, 6.45) is 1.79. The van der Waals surface area contributed by atoms with E-state index in [-0.39, 0.29) is 6.54 Å². The molecule has 114 valence electrons. The topological polar surface area (TPSA) is 121 Å². The molecule has 1 aromatic rings. The van der Waals surface area contributed by atoms with Gasteiger partial charge in [-0.15, -0.1) is 11.8 Å². The molecule has 0 unspecified atom stereocenters. The maximum Gasteiger partial charge on any atom is 0.322 e. The Kier molecular flexibility index (Phi) is 6.10. The van der Waals surface area contributed by atoms with E-state index >= 15 is 0 Å². The Balaban J connectivity index is 2.72. The number of aromatic nitrogens is 2. The second kappa shape index (κ2) is 7.58. The highest BCUT2D eigenvalue weighted by Gasteiger charge is 2.18. The van der Waals surface area contributed by atoms with Gasteiger partial charge in [-0.1, -0.05) is 0 Å². The van der Waals surface area contributed by atoms with Crippen molar-refractivity contribution in [1.82, 2.24) is 20.6 Å². The summed E-state index contributed by atoms with van der Waals surface area (Å²) in [6, 6.07) is 0. The minimum atomic E-state index is -1.15. The maximum atomic E-state index is 12.1. The minimum Gasteiger partial charge on any atom is -0.480 e. The molecule has 1 aromatic heterocycles. The maximum absolute atomic E-state index is 12.1. The van der Waals surface area contributed by atoms with E-state index in [1.807, 2.05) is 0 Å². The summed E-state index contributed by atoms with van der Waals surface area (Å²) in [5.74, 6) is -1.64. The summed E-state index contributed by atoms with van der Waals surface area (Å²) >= 11 is 1.31. The van der Waals surface area contributed by atoms with Gasteiger partial charge >= 0.3 is 5.97 Å². The van der Waals surface area contributed by atoms with Crippen molar-refractivity contribution in [3.63, 3.8) is 0 Å². The molecule has 0 aliphatic carbocycles. The predicted octanol–water partition coefficient (Wildman–Crippen LogP) is -0.254. The van der Waals surface area contributed by atoms with Crippen LogP contribution in [0.5, 0.6) is 0 Å². The Hall–Kier alpha value is -2.16. The predicted molar refractivity (Wildman–Crippen MR) is 76.3 cm³/mol. The minimum absolute atomic E-state index is 0.312. The van der Waals surface area contributed by atoms with Gasteiger partial charge in [-0.25, -0.2) is 9.97 Å². The third-order valence-corrected chi connectivity index (χ3v) is 3.12. The number of carbonyl (C=O) groups excluding carboxylic acids is 2. The van der Waals surface area contributed by atoms with Gasteiger partial charge in [-0.3, -0.25) is 14.4 Å². The van der Waals surface area contributed by atoms with Crippen molar-refractivity contribution in [2.24, 2.45) is 0 Å². The number of nitrogens with one attached hydrogen (secondary N) is 2. The van der Waals surface area contributed by atoms with Gasteiger partial charge < -0.3 is 15.7 Å². The molecule has 21 heavy (non-hydrogen) atoms. The van der Waals surface area contributed by atoms with Gasteiger partial charge in [-0.05, 0) is 20.1 Å². The fraction of sp³-hybridized carbons (Fsp3) is 0.417. The van der Waals surface area contributed by atoms with E-state index in [0.717, 1.165) is 0 Å². The van der Waals surface area contributed by atoms with E-state index in [4.69, 9.17) is 5.11 Å². The molecule has 0 bridgehead atoms. The molecule has 0 fully saturated rings. The summed E-state index contributed by atoms with van der Waals surface area (Å²) in [5, 5.41) is 13.5. The molecule has 8 nitrogen and oxygen atoms in total. The Labute approximate surface area is 125 Å². The van der Waals surface area contributed by atoms with Crippen LogP contribution in [0.2, 0.25) is 0 Å². The van der Waals surface area contributed by atoms with Gasteiger partial charge in [0, 0.05) is 0 Å². The number of hydrogen-bond acceptors (Lipinski definition) is 6. The zero-order chi connectivity index (χ0) is 16.0. The number of aliphatic carboxylic acids is 1. The van der Waals surface area contributed by atoms with Crippen LogP contribution in [0.15, 0.2) is 5.03 Å². The SMILES string of the molecule is CSc1nc(C)nc(C)c1C(=O)NCC(=O)NCC(=O)O. The number of aryl methyl sites for hydroxylation is 2. The first-order valence-corrected chi connectivity index (χ1v) is 7.23. The Morgan fingerprint density at radius 2 is 1.81 bits per heavy atom. The molecule has 0 aliphatic heterocycles. The average molecular weight is 312 g/mol. The lowest BCUT2D eigenvalue weighted by molar-refractivity contribution is -0.137. The monoisotopic (exact) mass is 312 g/mol. The standard InChI is InChI=1S/C12H16N4O4S/c1-6-10(12(21-3)16-7(2)15-6)11(20)14-4-8(17)13-5-9(18)19/h4-5H2,1-3H3,(H,13,17)(H,14,20)(H,18,19). The quantitative estimate of drug-likeness (QED) is 0.489. The lowest BCUT2D eigenvalue weighted by Crippen LogP contribution is -2.39. The molecule has 3 N–H and O–H groups in total. The van der Waals surface area contributed by atoms with E-state index in [0.29, 0.717) is 22.1 Å². The number of carboxylic acids is 1. The molecule has 0 radical (unpaired) electrons. The van der Waals surface area contributed by atoms with Crippen LogP contribution in [0.4, 0.5) is 0 Å². The number of rotatable bonds is 6. The highest BCUT2D eigenvalue weighted by Crippen LogP contribution is 2.20. The van der Waals surface area contributed by atoms with Gasteiger partial charge in [0.15, 0.2) is 0 Å². The Bertz CT molecular complexity index is 577. The highest BCUT2D eigenvalue weighted by atomic mass is 32.2. The van der Waals surface area contributed by atoms with Crippen molar-refractivity contribution >= 4 is 29.5 Å². The van der Waals surface area contributed by atoms with E-state index in [9.17, 15) is 14.4 Å². The van der Waals surface area contributed by atoms with E-state index in [1.54, 1.807) is 20.1 Å². The van der Waals surface area contributed by atoms with Gasteiger partial charge in [0.05, 0.1) is 17.8 Å². The van der Waals surface area contributed by atoms with Crippen LogP contribution < -0.4 is 10.6 Å². The molecule has 0 saturated carbocycles. The van der Waals surface area contributed by atoms with E-state index in [2.05, 4.69) is 20.6 Å². The summed E-state index contributed by atoms with van der Waals surface area (Å²) in [6.45, 7) is 2.62. The van der Waals surface area contributed by atoms with Gasteiger partial charge in [0.2, 0.25) is 5.91 Å². The summed E-state index contributed by atoms with van der Waals surface area (Å²) in [7, 11) is 0. The number of nitrogens with zero attached hydrogens (tertiary/aromatic N) is 2. The lowest BCUT2D eigenvalue weighted by Gasteiger charge is -2.11. The molecule has 0 saturated heterocycles. The molecule has 0 aliphatic rings. The first-order chi connectivity index (χ1) is 9.85. The third kappa shape index (κ3) is 5.03. The number of hydrogen-bond donors (Lipinski definition) is 3. The van der Waals surface area contributed by atoms with Crippen LogP contribution in [0.3, 0.4) is 0 Å². The number of carboxylic acid groups (broad SMARTS) is 1. The summed E-state index contributed by atoms with van der Waals surface area (Å²) in [5.41, 5.74) is 0.842. The van der Waals surface area contributed by atoms with Crippen molar-refractivity contribution in [3.05, 3.63) is 17.1 Å². The van der Waals surface area contributed by atoms with Gasteiger partial charge in [0.1, 0.15) is 17.4 Å². The van der Waals surface area contributed by atoms with Gasteiger partial charge in [-0.2, -0.15) is 0 Å². The summed E-state index contributed by atoms with van der Waals surface area (Å²) < 4.78 is 0. The van der Waals surface area contributed by atoms with Crippen molar-refractivity contribution in [3.8, 4) is 0 Å². The zero-order valence-corrected chi connectivity index (χ0v) is 12.7. The van der Waals surface area contributed by atoms with Crippen LogP contribution in [-0.2, 0) is 9.59 Å². The van der Waals surface area contributed by atoms with Crippen LogP contribution in [0.1, 0.15) is 21.9 Å². The molecule has 0 spiro atoms. The fourth-order valence-electron chi connectivity index (χ4n) is 1.58. The average Bonchev–Trinajstić information content (AvgIpc) is 2.41. The second-order valence-electron chi connectivity index (χ2n) is 4.09. The van der Waals surface area contributed by atoms with Crippen molar-refractivity contribution in [2.75, 3.05) is 19.3 Å². The number of amides is 2. The summed E-state index contributed by atoms with van der Waals surface area (Å²) in [4.78, 5) is 42.1. The van der Waals surface area contributed by atoms with Crippen molar-refractivity contribution in [2.45, 2.75) is 18.9 Å². The Morgan fingerprint density at radius 1 is 1.14 bits per heavy atom. The second-order valence-corrected chi connectivity index (χ2v) is 4.89. The third-order valence-electron chi connectivity index (χ3n) is 2.44. The molecule has 1 rings (SSSR count). The van der Waals surface area contributed by atoms with Crippen LogP contribution in [0.25, 0.3) is 0 Å². The first kappa shape index (κ1) is 16.9. The molecule has 9 heteroatoms. The van der Waals surface area contributed by atoms with E-state index in [1.165, 1.54) is 11.8 Å². The first-order valence-electron chi connectivity index (χ1n) is 6.01. The number of carbonyl (C=O) groups is 3. The normalized spacial score (nSPS) is 10.0. The Morgan fingerprint density at radius 3 is 2.38 bits per heavy atom. The molecular weight excluding hydrogens is 296 g/mol.